The van der Waals surface area contributed by atoms with Crippen molar-refractivity contribution in [3.63, 3.8) is 0 Å². The summed E-state index contributed by atoms with van der Waals surface area (Å²) in [6.45, 7) is 3.57. The second kappa shape index (κ2) is 14.7. The Bertz CT molecular complexity index is 1530. The van der Waals surface area contributed by atoms with E-state index in [0.29, 0.717) is 44.5 Å². The minimum Gasteiger partial charge on any atom is -0.370 e. The van der Waals surface area contributed by atoms with E-state index in [0.717, 1.165) is 10.8 Å². The molecule has 4 aromatic rings. The highest BCUT2D eigenvalue weighted by Gasteiger charge is 2.36. The fourth-order valence-electron chi connectivity index (χ4n) is 6.22. The second-order valence-electron chi connectivity index (χ2n) is 11.5. The van der Waals surface area contributed by atoms with E-state index >= 15 is 0 Å². The maximum atomic E-state index is 14.2. The van der Waals surface area contributed by atoms with E-state index < -0.39 is 6.04 Å². The average Bonchev–Trinajstić information content (AvgIpc) is 3.20. The third kappa shape index (κ3) is 7.63. The van der Waals surface area contributed by atoms with Gasteiger partial charge < -0.3 is 27.0 Å². The summed E-state index contributed by atoms with van der Waals surface area (Å²) in [6.07, 6.45) is 1.94. The number of carbonyl (C=O) groups excluding carboxylic acids is 2. The smallest absolute Gasteiger partial charge is 0.251 e. The van der Waals surface area contributed by atoms with Crippen molar-refractivity contribution < 1.29 is 9.59 Å². The standard InChI is InChI=1S/C36H42N6O2/c1-25(33(27-12-4-2-5-13-27)28-14-6-3-7-15-28)42-22-20-31(41-32(35(42)44)17-10-21-39-36(37)38)24-40-34(43)30-19-18-26-11-8-9-16-29(26)23-30/h2-9,11-16,18-19,23,25,31-33,41H,10,17,20-22,24H2,1H3,(H,40,43)(H4,37,38,39)/t25-,31+,32+/m0/s1. The SMILES string of the molecule is C[C@@H](C(c1ccccc1)c1ccccc1)N1CC[C@H](CNC(=O)c2ccc3ccccc3c2)N[C@H](CCCN=C(N)N)C1=O. The Morgan fingerprint density at radius 2 is 1.57 bits per heavy atom. The lowest BCUT2D eigenvalue weighted by molar-refractivity contribution is -0.135. The molecule has 1 saturated heterocycles. The molecule has 1 aliphatic rings. The molecule has 0 radical (unpaired) electrons. The molecule has 44 heavy (non-hydrogen) atoms. The van der Waals surface area contributed by atoms with Crippen molar-refractivity contribution in [3.05, 3.63) is 120 Å². The molecule has 1 aliphatic heterocycles. The highest BCUT2D eigenvalue weighted by atomic mass is 16.2. The van der Waals surface area contributed by atoms with Crippen LogP contribution < -0.4 is 22.1 Å². The summed E-state index contributed by atoms with van der Waals surface area (Å²) < 4.78 is 0. The van der Waals surface area contributed by atoms with Crippen LogP contribution in [0.15, 0.2) is 108 Å². The quantitative estimate of drug-likeness (QED) is 0.117. The van der Waals surface area contributed by atoms with Crippen molar-refractivity contribution in [2.45, 2.75) is 50.2 Å². The summed E-state index contributed by atoms with van der Waals surface area (Å²) in [5, 5.41) is 8.80. The van der Waals surface area contributed by atoms with Crippen molar-refractivity contribution in [3.8, 4) is 0 Å². The number of hydrogen-bond donors (Lipinski definition) is 4. The van der Waals surface area contributed by atoms with E-state index in [2.05, 4.69) is 46.8 Å². The molecule has 8 nitrogen and oxygen atoms in total. The summed E-state index contributed by atoms with van der Waals surface area (Å²) in [5.74, 6) is -0.0191. The molecule has 0 unspecified atom stereocenters. The van der Waals surface area contributed by atoms with Crippen molar-refractivity contribution in [1.29, 1.82) is 0 Å². The van der Waals surface area contributed by atoms with Crippen molar-refractivity contribution >= 4 is 28.5 Å². The Morgan fingerprint density at radius 1 is 0.932 bits per heavy atom. The predicted octanol–water partition coefficient (Wildman–Crippen LogP) is 4.40. The van der Waals surface area contributed by atoms with E-state index in [4.69, 9.17) is 11.5 Å². The molecule has 2 amide bonds. The van der Waals surface area contributed by atoms with Gasteiger partial charge in [-0.1, -0.05) is 91.0 Å². The van der Waals surface area contributed by atoms with Gasteiger partial charge in [0.05, 0.1) is 6.04 Å². The maximum absolute atomic E-state index is 14.2. The van der Waals surface area contributed by atoms with Crippen LogP contribution in [0.4, 0.5) is 0 Å². The number of nitrogens with one attached hydrogen (secondary N) is 2. The molecule has 0 saturated carbocycles. The molecule has 1 heterocycles. The molecular weight excluding hydrogens is 548 g/mol. The van der Waals surface area contributed by atoms with Gasteiger partial charge in [0.1, 0.15) is 0 Å². The third-order valence-electron chi connectivity index (χ3n) is 8.49. The van der Waals surface area contributed by atoms with Gasteiger partial charge in [-0.2, -0.15) is 0 Å². The Hall–Kier alpha value is -4.69. The molecule has 1 fully saturated rings. The van der Waals surface area contributed by atoms with Crippen LogP contribution in [0.25, 0.3) is 10.8 Å². The number of nitrogens with zero attached hydrogens (tertiary/aromatic N) is 2. The van der Waals surface area contributed by atoms with Crippen LogP contribution in [-0.2, 0) is 4.79 Å². The number of guanidine groups is 1. The highest BCUT2D eigenvalue weighted by molar-refractivity contribution is 5.98. The molecule has 3 atom stereocenters. The van der Waals surface area contributed by atoms with E-state index in [9.17, 15) is 9.59 Å². The Labute approximate surface area is 259 Å². The molecule has 0 spiro atoms. The summed E-state index contributed by atoms with van der Waals surface area (Å²) in [4.78, 5) is 33.5. The van der Waals surface area contributed by atoms with Gasteiger partial charge in [-0.05, 0) is 60.2 Å². The Balaban J connectivity index is 1.34. The molecular formula is C36H42N6O2. The van der Waals surface area contributed by atoms with E-state index in [1.807, 2.05) is 83.8 Å². The predicted molar refractivity (Wildman–Crippen MR) is 177 cm³/mol. The zero-order valence-electron chi connectivity index (χ0n) is 25.2. The van der Waals surface area contributed by atoms with Gasteiger partial charge in [-0.3, -0.25) is 14.6 Å². The van der Waals surface area contributed by atoms with Crippen LogP contribution in [0, 0.1) is 0 Å². The molecule has 0 aliphatic carbocycles. The van der Waals surface area contributed by atoms with Gasteiger partial charge in [0.2, 0.25) is 5.91 Å². The van der Waals surface area contributed by atoms with Crippen molar-refractivity contribution in [2.75, 3.05) is 19.6 Å². The Kier molecular flexibility index (Phi) is 10.2. The summed E-state index contributed by atoms with van der Waals surface area (Å²) in [7, 11) is 0. The topological polar surface area (TPSA) is 126 Å². The normalized spacial score (nSPS) is 17.7. The van der Waals surface area contributed by atoms with Gasteiger partial charge in [0, 0.05) is 43.2 Å². The lowest BCUT2D eigenvalue weighted by Crippen LogP contribution is -2.51. The van der Waals surface area contributed by atoms with Crippen molar-refractivity contribution in [2.24, 2.45) is 16.5 Å². The molecule has 6 N–H and O–H groups in total. The monoisotopic (exact) mass is 590 g/mol. The first kappa shape index (κ1) is 30.8. The number of amides is 2. The molecule has 4 aromatic carbocycles. The fourth-order valence-corrected chi connectivity index (χ4v) is 6.22. The summed E-state index contributed by atoms with van der Waals surface area (Å²) in [5.41, 5.74) is 14.0. The van der Waals surface area contributed by atoms with Gasteiger partial charge in [-0.25, -0.2) is 0 Å². The molecule has 228 valence electrons. The Morgan fingerprint density at radius 3 is 2.23 bits per heavy atom. The maximum Gasteiger partial charge on any atom is 0.251 e. The van der Waals surface area contributed by atoms with Gasteiger partial charge in [0.25, 0.3) is 5.91 Å². The first-order chi connectivity index (χ1) is 21.4. The third-order valence-corrected chi connectivity index (χ3v) is 8.49. The molecule has 0 aromatic heterocycles. The zero-order valence-corrected chi connectivity index (χ0v) is 25.2. The number of rotatable bonds is 11. The van der Waals surface area contributed by atoms with E-state index in [1.54, 1.807) is 0 Å². The van der Waals surface area contributed by atoms with Crippen LogP contribution in [0.3, 0.4) is 0 Å². The van der Waals surface area contributed by atoms with E-state index in [1.165, 1.54) is 11.1 Å². The first-order valence-corrected chi connectivity index (χ1v) is 15.4. The highest BCUT2D eigenvalue weighted by Crippen LogP contribution is 2.32. The lowest BCUT2D eigenvalue weighted by atomic mass is 9.84. The lowest BCUT2D eigenvalue weighted by Gasteiger charge is -2.36. The van der Waals surface area contributed by atoms with Gasteiger partial charge >= 0.3 is 0 Å². The van der Waals surface area contributed by atoms with Crippen LogP contribution in [0.1, 0.15) is 53.6 Å². The van der Waals surface area contributed by atoms with Gasteiger partial charge in [-0.15, -0.1) is 0 Å². The summed E-state index contributed by atoms with van der Waals surface area (Å²) >= 11 is 0. The molecule has 5 rings (SSSR count). The number of benzene rings is 4. The number of aliphatic imine (C=N–C) groups is 1. The minimum atomic E-state index is -0.427. The van der Waals surface area contributed by atoms with Crippen LogP contribution >= 0.6 is 0 Å². The number of nitrogens with two attached hydrogens (primary N) is 2. The zero-order chi connectivity index (χ0) is 30.9. The first-order valence-electron chi connectivity index (χ1n) is 15.4. The second-order valence-corrected chi connectivity index (χ2v) is 11.5. The average molecular weight is 591 g/mol. The fraction of sp³-hybridized carbons (Fsp3) is 0.306. The van der Waals surface area contributed by atoms with Gasteiger partial charge in [0.15, 0.2) is 5.96 Å². The molecule has 0 bridgehead atoms. The van der Waals surface area contributed by atoms with Crippen LogP contribution in [0.5, 0.6) is 0 Å². The minimum absolute atomic E-state index is 0.00722. The van der Waals surface area contributed by atoms with E-state index in [-0.39, 0.29) is 35.8 Å². The number of hydrogen-bond acceptors (Lipinski definition) is 4. The summed E-state index contributed by atoms with van der Waals surface area (Å²) in [6, 6.07) is 33.9. The molecule has 8 heteroatoms. The number of carbonyl (C=O) groups is 2. The van der Waals surface area contributed by atoms with Crippen molar-refractivity contribution in [1.82, 2.24) is 15.5 Å². The van der Waals surface area contributed by atoms with Crippen LogP contribution in [-0.4, -0.2) is 60.4 Å². The van der Waals surface area contributed by atoms with Crippen LogP contribution in [0.2, 0.25) is 0 Å². The largest absolute Gasteiger partial charge is 0.370 e. The number of fused-ring (bicyclic) bond motifs is 1.